The highest BCUT2D eigenvalue weighted by atomic mass is 32.1. The molecule has 4 heteroatoms. The Morgan fingerprint density at radius 1 is 0.404 bits per heavy atom. The van der Waals surface area contributed by atoms with Crippen LogP contribution in [0, 0.1) is 0 Å². The van der Waals surface area contributed by atoms with Crippen molar-refractivity contribution >= 4 is 71.3 Å². The summed E-state index contributed by atoms with van der Waals surface area (Å²) in [7, 11) is 0. The Balaban J connectivity index is 1.06. The molecule has 0 N–H and O–H groups in total. The van der Waals surface area contributed by atoms with Gasteiger partial charge in [-0.1, -0.05) is 152 Å². The maximum absolute atomic E-state index is 6.66. The first-order chi connectivity index (χ1) is 28.2. The van der Waals surface area contributed by atoms with E-state index in [0.717, 1.165) is 70.9 Å². The molecule has 0 unspecified atom stereocenters. The van der Waals surface area contributed by atoms with Gasteiger partial charge < -0.3 is 9.32 Å². The summed E-state index contributed by atoms with van der Waals surface area (Å²) in [5, 5.41) is 5.60. The Morgan fingerprint density at radius 2 is 0.947 bits per heavy atom. The maximum atomic E-state index is 6.66. The highest BCUT2D eigenvalue weighted by Crippen LogP contribution is 2.45. The molecule has 2 heterocycles. The minimum absolute atomic E-state index is 0.860. The third-order valence-electron chi connectivity index (χ3n) is 10.9. The summed E-state index contributed by atoms with van der Waals surface area (Å²) in [6.07, 6.45) is 0. The van der Waals surface area contributed by atoms with Gasteiger partial charge in [0, 0.05) is 33.4 Å². The summed E-state index contributed by atoms with van der Waals surface area (Å²) >= 11 is 1.73. The molecule has 57 heavy (non-hydrogen) atoms. The lowest BCUT2D eigenvalue weighted by molar-refractivity contribution is 0.670. The van der Waals surface area contributed by atoms with E-state index in [9.17, 15) is 0 Å². The van der Waals surface area contributed by atoms with Crippen molar-refractivity contribution in [1.29, 1.82) is 0 Å². The summed E-state index contributed by atoms with van der Waals surface area (Å²) in [6.45, 7) is 0. The molecule has 268 valence electrons. The average Bonchev–Trinajstić information content (AvgIpc) is 3.88. The number of rotatable bonds is 7. The van der Waals surface area contributed by atoms with E-state index in [0.29, 0.717) is 0 Å². The van der Waals surface area contributed by atoms with Gasteiger partial charge in [0.2, 0.25) is 0 Å². The van der Waals surface area contributed by atoms with E-state index >= 15 is 0 Å². The molecule has 11 rings (SSSR count). The van der Waals surface area contributed by atoms with Crippen LogP contribution in [0.5, 0.6) is 0 Å². The quantitative estimate of drug-likeness (QED) is 0.163. The van der Waals surface area contributed by atoms with Crippen LogP contribution in [-0.4, -0.2) is 4.98 Å². The number of furan rings is 1. The van der Waals surface area contributed by atoms with E-state index < -0.39 is 0 Å². The molecule has 0 spiro atoms. The number of thiazole rings is 1. The Labute approximate surface area is 334 Å². The van der Waals surface area contributed by atoms with Gasteiger partial charge in [0.15, 0.2) is 0 Å². The first-order valence-electron chi connectivity index (χ1n) is 19.2. The number of fused-ring (bicyclic) bond motifs is 5. The number of para-hydroxylation sites is 1. The summed E-state index contributed by atoms with van der Waals surface area (Å²) in [4.78, 5) is 7.62. The zero-order valence-corrected chi connectivity index (χ0v) is 31.7. The number of hydrogen-bond donors (Lipinski definition) is 0. The average molecular weight is 747 g/mol. The second-order valence-electron chi connectivity index (χ2n) is 14.4. The summed E-state index contributed by atoms with van der Waals surface area (Å²) in [5.41, 5.74) is 13.9. The van der Waals surface area contributed by atoms with Crippen LogP contribution in [0.15, 0.2) is 211 Å². The molecule has 0 radical (unpaired) electrons. The number of anilines is 3. The molecule has 3 nitrogen and oxygen atoms in total. The van der Waals surface area contributed by atoms with Crippen LogP contribution in [0.1, 0.15) is 0 Å². The topological polar surface area (TPSA) is 29.3 Å². The fourth-order valence-electron chi connectivity index (χ4n) is 8.06. The van der Waals surface area contributed by atoms with Crippen molar-refractivity contribution in [2.75, 3.05) is 4.90 Å². The van der Waals surface area contributed by atoms with Crippen LogP contribution in [0.2, 0.25) is 0 Å². The maximum Gasteiger partial charge on any atom is 0.145 e. The molecule has 0 aliphatic carbocycles. The van der Waals surface area contributed by atoms with E-state index in [-0.39, 0.29) is 0 Å². The number of benzene rings is 9. The SMILES string of the molecule is c1ccc(-c2ccc(N(c3ccc(-c4c5nc(-c6ccccc6)sc5cc5c4oc4ccccc45)cc3)c3ccc4ccc(-c5ccccc5)cc4c3)cc2)cc1. The van der Waals surface area contributed by atoms with Crippen molar-refractivity contribution in [3.63, 3.8) is 0 Å². The Bertz CT molecular complexity index is 3210. The largest absolute Gasteiger partial charge is 0.455 e. The smallest absolute Gasteiger partial charge is 0.145 e. The normalized spacial score (nSPS) is 11.5. The van der Waals surface area contributed by atoms with Crippen LogP contribution in [0.25, 0.3) is 86.9 Å². The molecule has 0 fully saturated rings. The van der Waals surface area contributed by atoms with E-state index in [1.54, 1.807) is 11.3 Å². The molecule has 11 aromatic rings. The van der Waals surface area contributed by atoms with Gasteiger partial charge in [0.1, 0.15) is 16.2 Å². The standard InChI is InChI=1S/C53H34N2OS/c1-4-12-35(13-5-1)37-22-27-43(28-23-37)55(45-31-24-38-20-21-41(32-42(38)33-45)36-14-6-2-7-15-36)44-29-25-39(26-30-44)50-51-49(57-53(54-51)40-16-8-3-9-17-40)34-47-46-18-10-11-19-48(46)56-52(47)50/h1-34H. The van der Waals surface area contributed by atoms with Crippen LogP contribution in [0.3, 0.4) is 0 Å². The molecule has 0 aliphatic heterocycles. The van der Waals surface area contributed by atoms with Crippen molar-refractivity contribution in [2.45, 2.75) is 0 Å². The number of aromatic nitrogens is 1. The van der Waals surface area contributed by atoms with Crippen molar-refractivity contribution in [2.24, 2.45) is 0 Å². The van der Waals surface area contributed by atoms with E-state index in [4.69, 9.17) is 9.40 Å². The fourth-order valence-corrected chi connectivity index (χ4v) is 9.08. The van der Waals surface area contributed by atoms with Crippen LogP contribution >= 0.6 is 11.3 Å². The fraction of sp³-hybridized carbons (Fsp3) is 0. The van der Waals surface area contributed by atoms with Gasteiger partial charge in [-0.3, -0.25) is 0 Å². The minimum Gasteiger partial charge on any atom is -0.455 e. The molecule has 0 saturated heterocycles. The van der Waals surface area contributed by atoms with E-state index in [2.05, 4.69) is 193 Å². The van der Waals surface area contributed by atoms with Gasteiger partial charge in [-0.2, -0.15) is 0 Å². The second kappa shape index (κ2) is 13.8. The summed E-state index contributed by atoms with van der Waals surface area (Å²) in [6, 6.07) is 73.4. The summed E-state index contributed by atoms with van der Waals surface area (Å²) < 4.78 is 7.80. The van der Waals surface area contributed by atoms with E-state index in [1.165, 1.54) is 33.0 Å². The van der Waals surface area contributed by atoms with Gasteiger partial charge in [-0.25, -0.2) is 4.98 Å². The number of hydrogen-bond acceptors (Lipinski definition) is 4. The second-order valence-corrected chi connectivity index (χ2v) is 15.4. The van der Waals surface area contributed by atoms with Gasteiger partial charge >= 0.3 is 0 Å². The molecule has 9 aromatic carbocycles. The molecule has 2 aromatic heterocycles. The highest BCUT2D eigenvalue weighted by Gasteiger charge is 2.21. The molecule has 0 saturated carbocycles. The van der Waals surface area contributed by atoms with Gasteiger partial charge in [0.25, 0.3) is 0 Å². The Hall–Kier alpha value is -7.27. The van der Waals surface area contributed by atoms with Crippen molar-refractivity contribution in [3.05, 3.63) is 206 Å². The first kappa shape index (κ1) is 33.1. The van der Waals surface area contributed by atoms with Crippen molar-refractivity contribution < 1.29 is 4.42 Å². The summed E-state index contributed by atoms with van der Waals surface area (Å²) in [5.74, 6) is 0. The predicted molar refractivity (Wildman–Crippen MR) is 241 cm³/mol. The van der Waals surface area contributed by atoms with Crippen LogP contribution < -0.4 is 4.90 Å². The monoisotopic (exact) mass is 746 g/mol. The molecule has 0 amide bonds. The third-order valence-corrected chi connectivity index (χ3v) is 11.9. The lowest BCUT2D eigenvalue weighted by atomic mass is 9.99. The third kappa shape index (κ3) is 5.95. The van der Waals surface area contributed by atoms with Crippen molar-refractivity contribution in [1.82, 2.24) is 4.98 Å². The molecule has 0 atom stereocenters. The predicted octanol–water partition coefficient (Wildman–Crippen LogP) is 15.5. The number of nitrogens with zero attached hydrogens (tertiary/aromatic N) is 2. The minimum atomic E-state index is 0.860. The van der Waals surface area contributed by atoms with Crippen LogP contribution in [-0.2, 0) is 0 Å². The Kier molecular flexibility index (Phi) is 8.01. The van der Waals surface area contributed by atoms with Crippen LogP contribution in [0.4, 0.5) is 17.1 Å². The Morgan fingerprint density at radius 3 is 1.65 bits per heavy atom. The molecule has 0 bridgehead atoms. The lowest BCUT2D eigenvalue weighted by Gasteiger charge is -2.26. The molecular weight excluding hydrogens is 713 g/mol. The molecule has 0 aliphatic rings. The van der Waals surface area contributed by atoms with Gasteiger partial charge in [-0.15, -0.1) is 11.3 Å². The molecular formula is C53H34N2OS. The zero-order valence-electron chi connectivity index (χ0n) is 30.8. The van der Waals surface area contributed by atoms with Gasteiger partial charge in [-0.05, 0) is 93.2 Å². The van der Waals surface area contributed by atoms with Crippen molar-refractivity contribution in [3.8, 4) is 44.0 Å². The van der Waals surface area contributed by atoms with E-state index in [1.807, 2.05) is 18.2 Å². The lowest BCUT2D eigenvalue weighted by Crippen LogP contribution is -2.09. The highest BCUT2D eigenvalue weighted by molar-refractivity contribution is 7.21. The van der Waals surface area contributed by atoms with Gasteiger partial charge in [0.05, 0.1) is 15.8 Å². The zero-order chi connectivity index (χ0) is 37.7. The first-order valence-corrected chi connectivity index (χ1v) is 20.0.